The van der Waals surface area contributed by atoms with Crippen molar-refractivity contribution in [2.75, 3.05) is 5.75 Å². The van der Waals surface area contributed by atoms with Crippen LogP contribution in [0, 0.1) is 6.92 Å². The molecule has 0 bridgehead atoms. The number of halogens is 2. The van der Waals surface area contributed by atoms with Crippen LogP contribution in [0.25, 0.3) is 0 Å². The summed E-state index contributed by atoms with van der Waals surface area (Å²) in [5, 5.41) is 11.4. The lowest BCUT2D eigenvalue weighted by atomic mass is 9.87. The molecule has 0 radical (unpaired) electrons. The van der Waals surface area contributed by atoms with Gasteiger partial charge in [-0.15, -0.1) is 11.8 Å². The van der Waals surface area contributed by atoms with Gasteiger partial charge in [-0.1, -0.05) is 62.2 Å². The van der Waals surface area contributed by atoms with Gasteiger partial charge in [-0.25, -0.2) is 0 Å². The maximum Gasteiger partial charge on any atom is 0.0884 e. The van der Waals surface area contributed by atoms with Crippen molar-refractivity contribution in [2.24, 2.45) is 0 Å². The molecule has 4 heteroatoms. The molecule has 0 heterocycles. The van der Waals surface area contributed by atoms with E-state index in [4.69, 9.17) is 23.2 Å². The highest BCUT2D eigenvalue weighted by molar-refractivity contribution is 7.99. The molecule has 1 atom stereocenters. The third-order valence-corrected chi connectivity index (χ3v) is 5.75. The standard InChI is InChI=1S/C19H22Cl2OS/c1-12-5-7-14(19(2,3)4)10-18(12)23-11-17(22)13-6-8-15(20)16(21)9-13/h5-10,17,22H,11H2,1-4H3/t17-/m1/s1. The quantitative estimate of drug-likeness (QED) is 0.627. The molecule has 2 aromatic rings. The maximum atomic E-state index is 10.4. The Morgan fingerprint density at radius 3 is 2.35 bits per heavy atom. The van der Waals surface area contributed by atoms with Crippen LogP contribution in [-0.4, -0.2) is 10.9 Å². The lowest BCUT2D eigenvalue weighted by Gasteiger charge is -2.21. The van der Waals surface area contributed by atoms with E-state index in [1.165, 1.54) is 16.0 Å². The van der Waals surface area contributed by atoms with E-state index in [1.54, 1.807) is 23.9 Å². The number of benzene rings is 2. The average molecular weight is 369 g/mol. The van der Waals surface area contributed by atoms with Crippen LogP contribution in [0.4, 0.5) is 0 Å². The fraction of sp³-hybridized carbons (Fsp3) is 0.368. The summed E-state index contributed by atoms with van der Waals surface area (Å²) in [5.41, 5.74) is 3.43. The molecule has 0 aromatic heterocycles. The number of aliphatic hydroxyl groups is 1. The first-order valence-corrected chi connectivity index (χ1v) is 9.29. The van der Waals surface area contributed by atoms with Crippen LogP contribution in [0.5, 0.6) is 0 Å². The van der Waals surface area contributed by atoms with E-state index in [0.717, 1.165) is 5.56 Å². The number of aryl methyl sites for hydroxylation is 1. The van der Waals surface area contributed by atoms with Crippen LogP contribution in [-0.2, 0) is 5.41 Å². The monoisotopic (exact) mass is 368 g/mol. The van der Waals surface area contributed by atoms with E-state index in [2.05, 4.69) is 45.9 Å². The van der Waals surface area contributed by atoms with Crippen LogP contribution < -0.4 is 0 Å². The van der Waals surface area contributed by atoms with Gasteiger partial charge in [-0.05, 0) is 47.2 Å². The Morgan fingerprint density at radius 2 is 1.74 bits per heavy atom. The minimum atomic E-state index is -0.576. The number of hydrogen-bond donors (Lipinski definition) is 1. The van der Waals surface area contributed by atoms with E-state index in [0.29, 0.717) is 15.8 Å². The van der Waals surface area contributed by atoms with Crippen LogP contribution in [0.2, 0.25) is 10.0 Å². The van der Waals surface area contributed by atoms with Gasteiger partial charge in [0.15, 0.2) is 0 Å². The van der Waals surface area contributed by atoms with Crippen molar-refractivity contribution in [3.63, 3.8) is 0 Å². The molecule has 0 saturated heterocycles. The Hall–Kier alpha value is -0.670. The van der Waals surface area contributed by atoms with Crippen molar-refractivity contribution >= 4 is 35.0 Å². The second-order valence-corrected chi connectivity index (χ2v) is 8.61. The van der Waals surface area contributed by atoms with Gasteiger partial charge in [0, 0.05) is 10.6 Å². The molecule has 1 nitrogen and oxygen atoms in total. The third kappa shape index (κ3) is 4.90. The van der Waals surface area contributed by atoms with Gasteiger partial charge in [0.1, 0.15) is 0 Å². The lowest BCUT2D eigenvalue weighted by Crippen LogP contribution is -2.11. The van der Waals surface area contributed by atoms with Crippen LogP contribution in [0.15, 0.2) is 41.3 Å². The van der Waals surface area contributed by atoms with Gasteiger partial charge in [0.05, 0.1) is 16.1 Å². The predicted octanol–water partition coefficient (Wildman–Crippen LogP) is 6.43. The fourth-order valence-corrected chi connectivity index (χ4v) is 3.55. The molecular formula is C19H22Cl2OS. The van der Waals surface area contributed by atoms with Crippen LogP contribution in [0.1, 0.15) is 43.6 Å². The summed E-state index contributed by atoms with van der Waals surface area (Å²) in [5.74, 6) is 0.576. The summed E-state index contributed by atoms with van der Waals surface area (Å²) >= 11 is 13.6. The first-order chi connectivity index (χ1) is 10.7. The zero-order valence-corrected chi connectivity index (χ0v) is 16.2. The molecule has 2 rings (SSSR count). The fourth-order valence-electron chi connectivity index (χ4n) is 2.21. The van der Waals surface area contributed by atoms with Crippen molar-refractivity contribution in [2.45, 2.75) is 44.1 Å². The van der Waals surface area contributed by atoms with E-state index in [-0.39, 0.29) is 5.41 Å². The molecule has 1 N–H and O–H groups in total. The first-order valence-electron chi connectivity index (χ1n) is 7.55. The topological polar surface area (TPSA) is 20.2 Å². The highest BCUT2D eigenvalue weighted by atomic mass is 35.5. The van der Waals surface area contributed by atoms with E-state index < -0.39 is 6.10 Å². The van der Waals surface area contributed by atoms with Crippen molar-refractivity contribution in [3.05, 3.63) is 63.1 Å². The molecule has 0 saturated carbocycles. The summed E-state index contributed by atoms with van der Waals surface area (Å²) < 4.78 is 0. The van der Waals surface area contributed by atoms with Gasteiger partial charge in [0.25, 0.3) is 0 Å². The summed E-state index contributed by atoms with van der Waals surface area (Å²) in [6.07, 6.45) is -0.576. The highest BCUT2D eigenvalue weighted by Crippen LogP contribution is 2.33. The zero-order chi connectivity index (χ0) is 17.2. The lowest BCUT2D eigenvalue weighted by molar-refractivity contribution is 0.204. The van der Waals surface area contributed by atoms with Crippen molar-refractivity contribution in [1.82, 2.24) is 0 Å². The predicted molar refractivity (Wildman–Crippen MR) is 102 cm³/mol. The van der Waals surface area contributed by atoms with Gasteiger partial charge >= 0.3 is 0 Å². The largest absolute Gasteiger partial charge is 0.388 e. The van der Waals surface area contributed by atoms with Gasteiger partial charge in [-0.2, -0.15) is 0 Å². The molecule has 0 aliphatic carbocycles. The van der Waals surface area contributed by atoms with Gasteiger partial charge < -0.3 is 5.11 Å². The van der Waals surface area contributed by atoms with E-state index in [1.807, 2.05) is 6.07 Å². The summed E-state index contributed by atoms with van der Waals surface area (Å²) in [6.45, 7) is 8.71. The SMILES string of the molecule is Cc1ccc(C(C)(C)C)cc1SC[C@@H](O)c1ccc(Cl)c(Cl)c1. The third-order valence-electron chi connectivity index (χ3n) is 3.78. The molecule has 0 spiro atoms. The van der Waals surface area contributed by atoms with Crippen molar-refractivity contribution in [3.8, 4) is 0 Å². The minimum Gasteiger partial charge on any atom is -0.388 e. The second-order valence-electron chi connectivity index (χ2n) is 6.73. The van der Waals surface area contributed by atoms with Crippen LogP contribution in [0.3, 0.4) is 0 Å². The Labute approximate surface area is 153 Å². The molecule has 0 unspecified atom stereocenters. The molecule has 0 aliphatic heterocycles. The number of thioether (sulfide) groups is 1. The maximum absolute atomic E-state index is 10.4. The summed E-state index contributed by atoms with van der Waals surface area (Å²) in [6, 6.07) is 11.8. The van der Waals surface area contributed by atoms with Gasteiger partial charge in [-0.3, -0.25) is 0 Å². The Morgan fingerprint density at radius 1 is 1.04 bits per heavy atom. The van der Waals surface area contributed by atoms with Crippen molar-refractivity contribution < 1.29 is 5.11 Å². The van der Waals surface area contributed by atoms with Crippen LogP contribution >= 0.6 is 35.0 Å². The highest BCUT2D eigenvalue weighted by Gasteiger charge is 2.16. The molecule has 23 heavy (non-hydrogen) atoms. The van der Waals surface area contributed by atoms with Gasteiger partial charge in [0.2, 0.25) is 0 Å². The number of aliphatic hydroxyl groups excluding tert-OH is 1. The van der Waals surface area contributed by atoms with E-state index >= 15 is 0 Å². The average Bonchev–Trinajstić information content (AvgIpc) is 2.47. The number of hydrogen-bond acceptors (Lipinski definition) is 2. The Kier molecular flexibility index (Phi) is 6.07. The minimum absolute atomic E-state index is 0.116. The van der Waals surface area contributed by atoms with E-state index in [9.17, 15) is 5.11 Å². The first kappa shape index (κ1) is 18.7. The molecule has 2 aromatic carbocycles. The van der Waals surface area contributed by atoms with Crippen molar-refractivity contribution in [1.29, 1.82) is 0 Å². The Balaban J connectivity index is 2.12. The normalized spacial score (nSPS) is 13.2. The Bertz CT molecular complexity index is 692. The smallest absolute Gasteiger partial charge is 0.0884 e. The second kappa shape index (κ2) is 7.48. The summed E-state index contributed by atoms with van der Waals surface area (Å²) in [7, 11) is 0. The molecule has 0 amide bonds. The number of rotatable bonds is 4. The zero-order valence-electron chi connectivity index (χ0n) is 13.9. The summed E-state index contributed by atoms with van der Waals surface area (Å²) in [4.78, 5) is 1.21. The molecule has 0 fully saturated rings. The molecule has 0 aliphatic rings. The molecule has 124 valence electrons. The molecular weight excluding hydrogens is 347 g/mol.